The fourth-order valence-corrected chi connectivity index (χ4v) is 2.32. The molecule has 0 spiro atoms. The molecule has 0 bridgehead atoms. The van der Waals surface area contributed by atoms with Gasteiger partial charge in [0, 0.05) is 44.6 Å². The molecule has 0 saturated heterocycles. The molecule has 1 aromatic carbocycles. The molecule has 1 N–H and O–H groups in total. The number of hydrogen-bond acceptors (Lipinski definition) is 3. The maximum Gasteiger partial charge on any atom is 0.0467 e. The summed E-state index contributed by atoms with van der Waals surface area (Å²) in [6.07, 6.45) is 4.93. The Hall–Kier alpha value is -1.45. The van der Waals surface area contributed by atoms with E-state index in [-0.39, 0.29) is 5.41 Å². The molecule has 20 heavy (non-hydrogen) atoms. The second-order valence-corrected chi connectivity index (χ2v) is 6.03. The summed E-state index contributed by atoms with van der Waals surface area (Å²) in [5.74, 6) is 0. The predicted octanol–water partition coefficient (Wildman–Crippen LogP) is 3.39. The van der Waals surface area contributed by atoms with Gasteiger partial charge < -0.3 is 10.1 Å². The van der Waals surface area contributed by atoms with Gasteiger partial charge in [-0.1, -0.05) is 38.1 Å². The first-order valence-corrected chi connectivity index (χ1v) is 7.14. The van der Waals surface area contributed by atoms with Crippen LogP contribution in [-0.2, 0) is 11.3 Å². The summed E-state index contributed by atoms with van der Waals surface area (Å²) in [6.45, 7) is 7.16. The van der Waals surface area contributed by atoms with Crippen molar-refractivity contribution in [2.75, 3.05) is 20.3 Å². The molecular weight excluding hydrogens is 248 g/mol. The van der Waals surface area contributed by atoms with Crippen molar-refractivity contribution in [3.8, 4) is 0 Å². The molecular formula is C17H24N2O. The smallest absolute Gasteiger partial charge is 0.0467 e. The quantitative estimate of drug-likeness (QED) is 0.839. The summed E-state index contributed by atoms with van der Waals surface area (Å²) >= 11 is 0. The van der Waals surface area contributed by atoms with Crippen molar-refractivity contribution in [2.24, 2.45) is 5.41 Å². The minimum Gasteiger partial charge on any atom is -0.385 e. The van der Waals surface area contributed by atoms with Crippen molar-refractivity contribution >= 4 is 10.8 Å². The minimum atomic E-state index is 0.244. The van der Waals surface area contributed by atoms with Crippen LogP contribution in [0.2, 0.25) is 0 Å². The third-order valence-electron chi connectivity index (χ3n) is 3.65. The van der Waals surface area contributed by atoms with Gasteiger partial charge in [0.2, 0.25) is 0 Å². The molecule has 0 unspecified atom stereocenters. The Morgan fingerprint density at radius 1 is 1.20 bits per heavy atom. The second-order valence-electron chi connectivity index (χ2n) is 6.03. The highest BCUT2D eigenvalue weighted by Gasteiger charge is 2.16. The SMILES string of the molecule is COCCC(C)(C)CNCc1cncc2ccccc12. The number of methoxy groups -OCH3 is 1. The Kier molecular flexibility index (Phi) is 5.10. The van der Waals surface area contributed by atoms with Crippen molar-refractivity contribution in [3.05, 3.63) is 42.2 Å². The topological polar surface area (TPSA) is 34.1 Å². The zero-order valence-corrected chi connectivity index (χ0v) is 12.6. The summed E-state index contributed by atoms with van der Waals surface area (Å²) < 4.78 is 5.16. The Labute approximate surface area is 121 Å². The van der Waals surface area contributed by atoms with E-state index in [4.69, 9.17) is 4.74 Å². The molecule has 0 radical (unpaired) electrons. The van der Waals surface area contributed by atoms with E-state index >= 15 is 0 Å². The van der Waals surface area contributed by atoms with E-state index < -0.39 is 0 Å². The average molecular weight is 272 g/mol. The van der Waals surface area contributed by atoms with E-state index in [1.807, 2.05) is 12.4 Å². The number of nitrogens with one attached hydrogen (secondary N) is 1. The van der Waals surface area contributed by atoms with Gasteiger partial charge in [0.15, 0.2) is 0 Å². The van der Waals surface area contributed by atoms with Gasteiger partial charge in [-0.3, -0.25) is 4.98 Å². The monoisotopic (exact) mass is 272 g/mol. The van der Waals surface area contributed by atoms with E-state index in [9.17, 15) is 0 Å². The van der Waals surface area contributed by atoms with Gasteiger partial charge in [0.25, 0.3) is 0 Å². The number of pyridine rings is 1. The molecule has 0 aliphatic heterocycles. The minimum absolute atomic E-state index is 0.244. The molecule has 108 valence electrons. The number of benzene rings is 1. The number of nitrogens with zero attached hydrogens (tertiary/aromatic N) is 1. The lowest BCUT2D eigenvalue weighted by atomic mass is 9.89. The molecule has 0 fully saturated rings. The number of aromatic nitrogens is 1. The number of fused-ring (bicyclic) bond motifs is 1. The molecule has 0 aliphatic rings. The van der Waals surface area contributed by atoms with Crippen LogP contribution in [0.1, 0.15) is 25.8 Å². The third kappa shape index (κ3) is 4.02. The van der Waals surface area contributed by atoms with Crippen molar-refractivity contribution in [3.63, 3.8) is 0 Å². The van der Waals surface area contributed by atoms with Gasteiger partial charge in [-0.2, -0.15) is 0 Å². The van der Waals surface area contributed by atoms with Gasteiger partial charge in [-0.25, -0.2) is 0 Å². The van der Waals surface area contributed by atoms with Crippen LogP contribution >= 0.6 is 0 Å². The fraction of sp³-hybridized carbons (Fsp3) is 0.471. The van der Waals surface area contributed by atoms with Crippen LogP contribution in [0.3, 0.4) is 0 Å². The number of rotatable bonds is 7. The van der Waals surface area contributed by atoms with Crippen LogP contribution in [0, 0.1) is 5.41 Å². The number of hydrogen-bond donors (Lipinski definition) is 1. The van der Waals surface area contributed by atoms with E-state index in [2.05, 4.69) is 48.4 Å². The summed E-state index contributed by atoms with van der Waals surface area (Å²) in [5.41, 5.74) is 1.50. The highest BCUT2D eigenvalue weighted by molar-refractivity contribution is 5.84. The van der Waals surface area contributed by atoms with Crippen molar-refractivity contribution in [1.29, 1.82) is 0 Å². The summed E-state index contributed by atoms with van der Waals surface area (Å²) in [5, 5.41) is 6.03. The van der Waals surface area contributed by atoms with E-state index in [1.54, 1.807) is 7.11 Å². The Morgan fingerprint density at radius 2 is 2.00 bits per heavy atom. The first-order valence-electron chi connectivity index (χ1n) is 7.14. The van der Waals surface area contributed by atoms with Gasteiger partial charge in [0.05, 0.1) is 0 Å². The van der Waals surface area contributed by atoms with Crippen LogP contribution in [0.5, 0.6) is 0 Å². The molecule has 1 aromatic heterocycles. The zero-order valence-electron chi connectivity index (χ0n) is 12.6. The Balaban J connectivity index is 1.96. The third-order valence-corrected chi connectivity index (χ3v) is 3.65. The average Bonchev–Trinajstić information content (AvgIpc) is 2.45. The lowest BCUT2D eigenvalue weighted by molar-refractivity contribution is 0.150. The molecule has 2 aromatic rings. The second kappa shape index (κ2) is 6.82. The van der Waals surface area contributed by atoms with Gasteiger partial charge >= 0.3 is 0 Å². The number of ether oxygens (including phenoxy) is 1. The van der Waals surface area contributed by atoms with Crippen molar-refractivity contribution < 1.29 is 4.74 Å². The van der Waals surface area contributed by atoms with Crippen LogP contribution in [0.25, 0.3) is 10.8 Å². The van der Waals surface area contributed by atoms with Crippen molar-refractivity contribution in [2.45, 2.75) is 26.8 Å². The lowest BCUT2D eigenvalue weighted by Crippen LogP contribution is -2.30. The fourth-order valence-electron chi connectivity index (χ4n) is 2.32. The summed E-state index contributed by atoms with van der Waals surface area (Å²) in [6, 6.07) is 8.39. The van der Waals surface area contributed by atoms with Gasteiger partial charge in [-0.05, 0) is 22.8 Å². The molecule has 0 atom stereocenters. The molecule has 0 aliphatic carbocycles. The molecule has 3 heteroatoms. The van der Waals surface area contributed by atoms with E-state index in [1.165, 1.54) is 16.3 Å². The summed E-state index contributed by atoms with van der Waals surface area (Å²) in [7, 11) is 1.76. The first-order chi connectivity index (χ1) is 9.62. The van der Waals surface area contributed by atoms with Crippen LogP contribution < -0.4 is 5.32 Å². The molecule has 0 amide bonds. The van der Waals surface area contributed by atoms with Crippen molar-refractivity contribution in [1.82, 2.24) is 10.3 Å². The predicted molar refractivity (Wildman–Crippen MR) is 83.7 cm³/mol. The molecule has 1 heterocycles. The van der Waals surface area contributed by atoms with Crippen LogP contribution in [0.4, 0.5) is 0 Å². The first kappa shape index (κ1) is 14.9. The van der Waals surface area contributed by atoms with E-state index in [0.717, 1.165) is 26.1 Å². The maximum atomic E-state index is 5.16. The van der Waals surface area contributed by atoms with Gasteiger partial charge in [0.1, 0.15) is 0 Å². The van der Waals surface area contributed by atoms with E-state index in [0.29, 0.717) is 0 Å². The van der Waals surface area contributed by atoms with Gasteiger partial charge in [-0.15, -0.1) is 0 Å². The largest absolute Gasteiger partial charge is 0.385 e. The lowest BCUT2D eigenvalue weighted by Gasteiger charge is -2.24. The highest BCUT2D eigenvalue weighted by Crippen LogP contribution is 2.20. The summed E-state index contributed by atoms with van der Waals surface area (Å²) in [4.78, 5) is 4.32. The van der Waals surface area contributed by atoms with Crippen LogP contribution in [-0.4, -0.2) is 25.2 Å². The molecule has 0 saturated carbocycles. The maximum absolute atomic E-state index is 5.16. The zero-order chi connectivity index (χ0) is 14.4. The van der Waals surface area contributed by atoms with Crippen LogP contribution in [0.15, 0.2) is 36.7 Å². The highest BCUT2D eigenvalue weighted by atomic mass is 16.5. The molecule has 3 nitrogen and oxygen atoms in total. The Morgan fingerprint density at radius 3 is 2.80 bits per heavy atom. The standard InChI is InChI=1S/C17H24N2O/c1-17(2,8-9-20-3)13-19-12-15-11-18-10-14-6-4-5-7-16(14)15/h4-7,10-11,19H,8-9,12-13H2,1-3H3. The molecule has 2 rings (SSSR count). The normalized spacial score (nSPS) is 11.9. The Bertz CT molecular complexity index is 546.